The number of amidine groups is 1. The largest absolute Gasteiger partial charge is 0.296 e. The van der Waals surface area contributed by atoms with E-state index in [0.29, 0.717) is 5.84 Å². The smallest absolute Gasteiger partial charge is 0.255 e. The summed E-state index contributed by atoms with van der Waals surface area (Å²) in [6.07, 6.45) is 4.03. The first kappa shape index (κ1) is 7.53. The number of amides is 1. The van der Waals surface area contributed by atoms with Gasteiger partial charge in [0.25, 0.3) is 5.91 Å². The Kier molecular flexibility index (Phi) is 1.53. The van der Waals surface area contributed by atoms with Crippen molar-refractivity contribution in [1.29, 1.82) is 5.41 Å². The van der Waals surface area contributed by atoms with Gasteiger partial charge in [-0.1, -0.05) is 0 Å². The monoisotopic (exact) mass is 164 g/mol. The second kappa shape index (κ2) is 2.44. The van der Waals surface area contributed by atoms with E-state index in [-0.39, 0.29) is 5.91 Å². The van der Waals surface area contributed by atoms with Crippen molar-refractivity contribution in [2.75, 3.05) is 7.05 Å². The zero-order valence-electron chi connectivity index (χ0n) is 7.18. The van der Waals surface area contributed by atoms with Gasteiger partial charge in [-0.05, 0) is 25.7 Å². The zero-order chi connectivity index (χ0) is 8.72. The molecule has 0 atom stereocenters. The van der Waals surface area contributed by atoms with E-state index in [1.54, 1.807) is 7.05 Å². The fourth-order valence-electron chi connectivity index (χ4n) is 1.91. The highest BCUT2D eigenvalue weighted by Gasteiger charge is 2.33. The standard InChI is InChI=1S/C9H12N2O/c1-11-8(10)6-4-2-3-5-7(6)9(11)12/h10H,2-5H2,1H3. The Balaban J connectivity index is 2.41. The van der Waals surface area contributed by atoms with Crippen molar-refractivity contribution in [2.45, 2.75) is 25.7 Å². The van der Waals surface area contributed by atoms with E-state index >= 15 is 0 Å². The highest BCUT2D eigenvalue weighted by molar-refractivity contribution is 6.20. The van der Waals surface area contributed by atoms with Gasteiger partial charge < -0.3 is 0 Å². The van der Waals surface area contributed by atoms with Gasteiger partial charge in [-0.2, -0.15) is 0 Å². The lowest BCUT2D eigenvalue weighted by Crippen LogP contribution is -2.26. The van der Waals surface area contributed by atoms with Crippen molar-refractivity contribution in [3.8, 4) is 0 Å². The molecular weight excluding hydrogens is 152 g/mol. The summed E-state index contributed by atoms with van der Waals surface area (Å²) < 4.78 is 0. The molecule has 3 nitrogen and oxygen atoms in total. The number of nitrogens with one attached hydrogen (secondary N) is 1. The molecule has 0 bridgehead atoms. The summed E-state index contributed by atoms with van der Waals surface area (Å²) in [6.45, 7) is 0. The third kappa shape index (κ3) is 0.823. The van der Waals surface area contributed by atoms with Crippen molar-refractivity contribution in [3.63, 3.8) is 0 Å². The van der Waals surface area contributed by atoms with Crippen LogP contribution < -0.4 is 0 Å². The molecule has 0 saturated heterocycles. The quantitative estimate of drug-likeness (QED) is 0.576. The minimum atomic E-state index is 0.0506. The van der Waals surface area contributed by atoms with Crippen molar-refractivity contribution in [3.05, 3.63) is 11.1 Å². The molecule has 2 aliphatic rings. The van der Waals surface area contributed by atoms with Crippen molar-refractivity contribution < 1.29 is 4.79 Å². The van der Waals surface area contributed by atoms with Crippen LogP contribution in [0.5, 0.6) is 0 Å². The molecule has 0 unspecified atom stereocenters. The molecule has 0 spiro atoms. The van der Waals surface area contributed by atoms with Gasteiger partial charge in [-0.3, -0.25) is 15.1 Å². The summed E-state index contributed by atoms with van der Waals surface area (Å²) in [5, 5.41) is 7.66. The van der Waals surface area contributed by atoms with E-state index in [4.69, 9.17) is 5.41 Å². The Morgan fingerprint density at radius 1 is 1.25 bits per heavy atom. The minimum Gasteiger partial charge on any atom is -0.296 e. The third-order valence-electron chi connectivity index (χ3n) is 2.65. The maximum Gasteiger partial charge on any atom is 0.255 e. The second-order valence-electron chi connectivity index (χ2n) is 3.38. The molecule has 1 aliphatic carbocycles. The van der Waals surface area contributed by atoms with E-state index in [1.165, 1.54) is 4.90 Å². The normalized spacial score (nSPS) is 23.6. The molecule has 12 heavy (non-hydrogen) atoms. The van der Waals surface area contributed by atoms with Crippen molar-refractivity contribution in [2.24, 2.45) is 0 Å². The van der Waals surface area contributed by atoms with Crippen LogP contribution in [0, 0.1) is 5.41 Å². The summed E-state index contributed by atoms with van der Waals surface area (Å²) in [6, 6.07) is 0. The van der Waals surface area contributed by atoms with E-state index in [0.717, 1.165) is 36.8 Å². The Hall–Kier alpha value is -1.12. The molecule has 64 valence electrons. The molecule has 1 heterocycles. The number of hydrogen-bond donors (Lipinski definition) is 1. The molecule has 0 saturated carbocycles. The highest BCUT2D eigenvalue weighted by Crippen LogP contribution is 2.31. The fourth-order valence-corrected chi connectivity index (χ4v) is 1.91. The minimum absolute atomic E-state index is 0.0506. The first-order chi connectivity index (χ1) is 5.72. The molecular formula is C9H12N2O. The number of carbonyl (C=O) groups is 1. The Labute approximate surface area is 71.6 Å². The molecule has 1 amide bonds. The highest BCUT2D eigenvalue weighted by atomic mass is 16.2. The fraction of sp³-hybridized carbons (Fsp3) is 0.556. The summed E-state index contributed by atoms with van der Waals surface area (Å²) in [7, 11) is 1.68. The van der Waals surface area contributed by atoms with Crippen molar-refractivity contribution >= 4 is 11.7 Å². The SMILES string of the molecule is CN1C(=N)C2=C(CCCC2)C1=O. The molecule has 0 radical (unpaired) electrons. The molecule has 3 heteroatoms. The topological polar surface area (TPSA) is 44.2 Å². The Morgan fingerprint density at radius 3 is 2.42 bits per heavy atom. The van der Waals surface area contributed by atoms with Crippen LogP contribution in [0.4, 0.5) is 0 Å². The first-order valence-corrected chi connectivity index (χ1v) is 4.31. The average molecular weight is 164 g/mol. The molecule has 0 fully saturated rings. The lowest BCUT2D eigenvalue weighted by molar-refractivity contribution is -0.122. The Morgan fingerprint density at radius 2 is 1.83 bits per heavy atom. The van der Waals surface area contributed by atoms with Crippen LogP contribution in [0.1, 0.15) is 25.7 Å². The van der Waals surface area contributed by atoms with Crippen LogP contribution in [0.25, 0.3) is 0 Å². The van der Waals surface area contributed by atoms with Crippen LogP contribution in [-0.4, -0.2) is 23.7 Å². The Bertz CT molecular complexity index is 263. The number of hydrogen-bond acceptors (Lipinski definition) is 2. The average Bonchev–Trinajstić information content (AvgIpc) is 2.33. The maximum atomic E-state index is 11.5. The molecule has 0 aromatic carbocycles. The number of rotatable bonds is 0. The summed E-state index contributed by atoms with van der Waals surface area (Å²) in [5.41, 5.74) is 1.89. The maximum absolute atomic E-state index is 11.5. The van der Waals surface area contributed by atoms with E-state index in [9.17, 15) is 4.79 Å². The molecule has 0 aromatic rings. The van der Waals surface area contributed by atoms with E-state index in [2.05, 4.69) is 0 Å². The van der Waals surface area contributed by atoms with Crippen LogP contribution in [0.15, 0.2) is 11.1 Å². The van der Waals surface area contributed by atoms with Crippen LogP contribution in [0.3, 0.4) is 0 Å². The first-order valence-electron chi connectivity index (χ1n) is 4.31. The predicted octanol–water partition coefficient (Wildman–Crippen LogP) is 1.31. The van der Waals surface area contributed by atoms with Gasteiger partial charge >= 0.3 is 0 Å². The van der Waals surface area contributed by atoms with Crippen LogP contribution in [0.2, 0.25) is 0 Å². The number of likely N-dealkylation sites (N-methyl/N-ethyl adjacent to an activating group) is 1. The third-order valence-corrected chi connectivity index (χ3v) is 2.65. The van der Waals surface area contributed by atoms with Gasteiger partial charge in [0.2, 0.25) is 0 Å². The van der Waals surface area contributed by atoms with Crippen molar-refractivity contribution in [1.82, 2.24) is 4.90 Å². The number of carbonyl (C=O) groups excluding carboxylic acids is 1. The lowest BCUT2D eigenvalue weighted by Gasteiger charge is -2.10. The molecule has 2 rings (SSSR count). The van der Waals surface area contributed by atoms with Gasteiger partial charge in [0, 0.05) is 18.2 Å². The summed E-state index contributed by atoms with van der Waals surface area (Å²) >= 11 is 0. The number of nitrogens with zero attached hydrogens (tertiary/aromatic N) is 1. The lowest BCUT2D eigenvalue weighted by atomic mass is 9.93. The van der Waals surface area contributed by atoms with Gasteiger partial charge in [-0.15, -0.1) is 0 Å². The summed E-state index contributed by atoms with van der Waals surface area (Å²) in [5.74, 6) is 0.476. The zero-order valence-corrected chi connectivity index (χ0v) is 7.18. The van der Waals surface area contributed by atoms with E-state index < -0.39 is 0 Å². The van der Waals surface area contributed by atoms with Gasteiger partial charge in [-0.25, -0.2) is 0 Å². The second-order valence-corrected chi connectivity index (χ2v) is 3.38. The van der Waals surface area contributed by atoms with Gasteiger partial charge in [0.15, 0.2) is 0 Å². The molecule has 0 aromatic heterocycles. The van der Waals surface area contributed by atoms with Gasteiger partial charge in [0.05, 0.1) is 0 Å². The predicted molar refractivity (Wildman–Crippen MR) is 46.0 cm³/mol. The molecule has 1 N–H and O–H groups in total. The molecule has 1 aliphatic heterocycles. The summed E-state index contributed by atoms with van der Waals surface area (Å²) in [4.78, 5) is 12.9. The van der Waals surface area contributed by atoms with E-state index in [1.807, 2.05) is 0 Å². The van der Waals surface area contributed by atoms with Crippen LogP contribution >= 0.6 is 0 Å². The van der Waals surface area contributed by atoms with Gasteiger partial charge in [0.1, 0.15) is 5.84 Å². The van der Waals surface area contributed by atoms with Crippen LogP contribution in [-0.2, 0) is 4.79 Å².